The van der Waals surface area contributed by atoms with Crippen molar-refractivity contribution in [2.24, 2.45) is 0 Å². The molecule has 5 heteroatoms. The van der Waals surface area contributed by atoms with E-state index in [-0.39, 0.29) is 11.6 Å². The van der Waals surface area contributed by atoms with Crippen LogP contribution in [-0.2, 0) is 10.2 Å². The third kappa shape index (κ3) is 2.51. The molecule has 0 aliphatic heterocycles. The van der Waals surface area contributed by atoms with E-state index in [0.29, 0.717) is 17.9 Å². The molecule has 3 rings (SSSR count). The molecule has 2 nitrogen and oxygen atoms in total. The van der Waals surface area contributed by atoms with Gasteiger partial charge in [-0.15, -0.1) is 0 Å². The van der Waals surface area contributed by atoms with Crippen molar-refractivity contribution >= 4 is 23.2 Å². The molecular formula is C16H12ClF2NO. The lowest BCUT2D eigenvalue weighted by Crippen LogP contribution is -2.28. The van der Waals surface area contributed by atoms with Crippen molar-refractivity contribution in [3.8, 4) is 0 Å². The van der Waals surface area contributed by atoms with Gasteiger partial charge < -0.3 is 5.32 Å². The molecule has 1 N–H and O–H groups in total. The van der Waals surface area contributed by atoms with Gasteiger partial charge in [0.05, 0.1) is 11.1 Å². The number of hydrogen-bond acceptors (Lipinski definition) is 1. The summed E-state index contributed by atoms with van der Waals surface area (Å²) in [5.41, 5.74) is 0.00512. The van der Waals surface area contributed by atoms with Crippen LogP contribution in [0.3, 0.4) is 0 Å². The van der Waals surface area contributed by atoms with Gasteiger partial charge in [-0.2, -0.15) is 0 Å². The van der Waals surface area contributed by atoms with Gasteiger partial charge in [-0.3, -0.25) is 4.79 Å². The standard InChI is InChI=1S/C16H12ClF2NO/c17-12-4-2-1-3-11(12)16(7-8-16)15(21)20-14-6-5-10(18)9-13(14)19/h1-6,9H,7-8H2,(H,20,21). The van der Waals surface area contributed by atoms with Crippen LogP contribution in [0.25, 0.3) is 0 Å². The monoisotopic (exact) mass is 307 g/mol. The lowest BCUT2D eigenvalue weighted by molar-refractivity contribution is -0.118. The molecule has 1 aliphatic rings. The molecule has 108 valence electrons. The maximum absolute atomic E-state index is 13.6. The Labute approximate surface area is 125 Å². The first-order chi connectivity index (χ1) is 10.0. The molecule has 1 fully saturated rings. The van der Waals surface area contributed by atoms with Crippen molar-refractivity contribution < 1.29 is 13.6 Å². The normalized spacial score (nSPS) is 15.6. The Hall–Kier alpha value is -1.94. The Balaban J connectivity index is 1.87. The van der Waals surface area contributed by atoms with E-state index in [1.165, 1.54) is 6.07 Å². The number of amides is 1. The van der Waals surface area contributed by atoms with Gasteiger partial charge in [0, 0.05) is 11.1 Å². The van der Waals surface area contributed by atoms with Gasteiger partial charge >= 0.3 is 0 Å². The van der Waals surface area contributed by atoms with Crippen molar-refractivity contribution in [3.05, 3.63) is 64.7 Å². The highest BCUT2D eigenvalue weighted by molar-refractivity contribution is 6.32. The number of nitrogens with one attached hydrogen (secondary N) is 1. The number of anilines is 1. The minimum absolute atomic E-state index is 0.0280. The molecule has 2 aromatic rings. The molecule has 0 radical (unpaired) electrons. The summed E-state index contributed by atoms with van der Waals surface area (Å²) in [5, 5.41) is 3.04. The number of benzene rings is 2. The fraction of sp³-hybridized carbons (Fsp3) is 0.188. The highest BCUT2D eigenvalue weighted by atomic mass is 35.5. The topological polar surface area (TPSA) is 29.1 Å². The van der Waals surface area contributed by atoms with E-state index < -0.39 is 17.0 Å². The van der Waals surface area contributed by atoms with Gasteiger partial charge in [0.2, 0.25) is 5.91 Å². The van der Waals surface area contributed by atoms with Crippen LogP contribution in [0.1, 0.15) is 18.4 Å². The number of rotatable bonds is 3. The molecule has 21 heavy (non-hydrogen) atoms. The average molecular weight is 308 g/mol. The molecule has 0 heterocycles. The maximum Gasteiger partial charge on any atom is 0.235 e. The van der Waals surface area contributed by atoms with E-state index in [1.54, 1.807) is 18.2 Å². The summed E-state index contributed by atoms with van der Waals surface area (Å²) >= 11 is 6.14. The first kappa shape index (κ1) is 14.0. The molecule has 0 spiro atoms. The van der Waals surface area contributed by atoms with Crippen LogP contribution < -0.4 is 5.32 Å². The number of halogens is 3. The maximum atomic E-state index is 13.6. The van der Waals surface area contributed by atoms with Crippen LogP contribution in [0.5, 0.6) is 0 Å². The van der Waals surface area contributed by atoms with Gasteiger partial charge in [-0.05, 0) is 36.6 Å². The first-order valence-corrected chi connectivity index (χ1v) is 6.92. The van der Waals surface area contributed by atoms with Crippen molar-refractivity contribution in [1.29, 1.82) is 0 Å². The Kier molecular flexibility index (Phi) is 3.41. The predicted octanol–water partition coefficient (Wildman–Crippen LogP) is 4.29. The minimum Gasteiger partial charge on any atom is -0.323 e. The second-order valence-electron chi connectivity index (χ2n) is 5.14. The summed E-state index contributed by atoms with van der Waals surface area (Å²) in [6, 6.07) is 10.2. The lowest BCUT2D eigenvalue weighted by Gasteiger charge is -2.17. The Morgan fingerprint density at radius 2 is 1.86 bits per heavy atom. The van der Waals surface area contributed by atoms with Crippen molar-refractivity contribution in [2.75, 3.05) is 5.32 Å². The van der Waals surface area contributed by atoms with Gasteiger partial charge in [0.25, 0.3) is 0 Å². The van der Waals surface area contributed by atoms with Gasteiger partial charge in [0.1, 0.15) is 11.6 Å². The first-order valence-electron chi connectivity index (χ1n) is 6.54. The fourth-order valence-electron chi connectivity index (χ4n) is 2.43. The second-order valence-corrected chi connectivity index (χ2v) is 5.55. The number of hydrogen-bond donors (Lipinski definition) is 1. The van der Waals surface area contributed by atoms with E-state index in [4.69, 9.17) is 11.6 Å². The summed E-state index contributed by atoms with van der Waals surface area (Å²) in [5.74, 6) is -1.79. The molecule has 0 atom stereocenters. The molecular weight excluding hydrogens is 296 g/mol. The lowest BCUT2D eigenvalue weighted by atomic mass is 9.95. The molecule has 2 aromatic carbocycles. The van der Waals surface area contributed by atoms with Crippen LogP contribution in [0.4, 0.5) is 14.5 Å². The highest BCUT2D eigenvalue weighted by Crippen LogP contribution is 2.51. The SMILES string of the molecule is O=C(Nc1ccc(F)cc1F)C1(c2ccccc2Cl)CC1. The quantitative estimate of drug-likeness (QED) is 0.900. The zero-order chi connectivity index (χ0) is 15.0. The Morgan fingerprint density at radius 3 is 2.48 bits per heavy atom. The zero-order valence-corrected chi connectivity index (χ0v) is 11.8. The van der Waals surface area contributed by atoms with Crippen LogP contribution in [0.2, 0.25) is 5.02 Å². The third-order valence-electron chi connectivity index (χ3n) is 3.75. The molecule has 0 unspecified atom stereocenters. The molecule has 0 bridgehead atoms. The van der Waals surface area contributed by atoms with Gasteiger partial charge in [-0.25, -0.2) is 8.78 Å². The summed E-state index contributed by atoms with van der Waals surface area (Å²) in [7, 11) is 0. The average Bonchev–Trinajstić information content (AvgIpc) is 3.24. The summed E-state index contributed by atoms with van der Waals surface area (Å²) in [6.07, 6.45) is 1.32. The van der Waals surface area contributed by atoms with E-state index >= 15 is 0 Å². The van der Waals surface area contributed by atoms with E-state index in [0.717, 1.165) is 17.7 Å². The van der Waals surface area contributed by atoms with Crippen molar-refractivity contribution in [3.63, 3.8) is 0 Å². The van der Waals surface area contributed by atoms with Crippen LogP contribution >= 0.6 is 11.6 Å². The third-order valence-corrected chi connectivity index (χ3v) is 4.08. The van der Waals surface area contributed by atoms with Crippen molar-refractivity contribution in [2.45, 2.75) is 18.3 Å². The zero-order valence-electron chi connectivity index (χ0n) is 11.0. The number of carbonyl (C=O) groups excluding carboxylic acids is 1. The minimum atomic E-state index is -0.793. The summed E-state index contributed by atoms with van der Waals surface area (Å²) in [6.45, 7) is 0. The largest absolute Gasteiger partial charge is 0.323 e. The van der Waals surface area contributed by atoms with E-state index in [1.807, 2.05) is 6.07 Å². The fourth-order valence-corrected chi connectivity index (χ4v) is 2.74. The van der Waals surface area contributed by atoms with Crippen LogP contribution in [-0.4, -0.2) is 5.91 Å². The van der Waals surface area contributed by atoms with Gasteiger partial charge in [0.15, 0.2) is 0 Å². The summed E-state index contributed by atoms with van der Waals surface area (Å²) in [4.78, 5) is 12.5. The van der Waals surface area contributed by atoms with Crippen LogP contribution in [0.15, 0.2) is 42.5 Å². The van der Waals surface area contributed by atoms with Crippen molar-refractivity contribution in [1.82, 2.24) is 0 Å². The molecule has 1 saturated carbocycles. The molecule has 0 aromatic heterocycles. The van der Waals surface area contributed by atoms with Gasteiger partial charge in [-0.1, -0.05) is 29.8 Å². The molecule has 0 saturated heterocycles. The van der Waals surface area contributed by atoms with E-state index in [9.17, 15) is 13.6 Å². The Morgan fingerprint density at radius 1 is 1.14 bits per heavy atom. The highest BCUT2D eigenvalue weighted by Gasteiger charge is 2.52. The van der Waals surface area contributed by atoms with E-state index in [2.05, 4.69) is 5.32 Å². The molecule has 1 amide bonds. The smallest absolute Gasteiger partial charge is 0.235 e. The Bertz CT molecular complexity index is 713. The second kappa shape index (κ2) is 5.11. The predicted molar refractivity (Wildman–Crippen MR) is 77.4 cm³/mol. The number of carbonyl (C=O) groups is 1. The summed E-state index contributed by atoms with van der Waals surface area (Å²) < 4.78 is 26.5. The molecule has 1 aliphatic carbocycles. The van der Waals surface area contributed by atoms with Crippen LogP contribution in [0, 0.1) is 11.6 Å².